The molecule has 1 atom stereocenters. The predicted octanol–water partition coefficient (Wildman–Crippen LogP) is 0.194. The average Bonchev–Trinajstić information content (AvgIpc) is 2.55. The van der Waals surface area contributed by atoms with Crippen LogP contribution in [0.5, 0.6) is 5.75 Å². The number of para-hydroxylation sites is 1. The molecule has 2 rings (SSSR count). The molecular weight excluding hydrogens is 280 g/mol. The van der Waals surface area contributed by atoms with Crippen LogP contribution in [0.25, 0.3) is 0 Å². The highest BCUT2D eigenvalue weighted by Gasteiger charge is 2.22. The maximum absolute atomic E-state index is 12.6. The summed E-state index contributed by atoms with van der Waals surface area (Å²) in [5, 5.41) is 16.8. The van der Waals surface area contributed by atoms with Crippen molar-refractivity contribution in [3.05, 3.63) is 29.8 Å². The minimum absolute atomic E-state index is 0.0769. The fourth-order valence-electron chi connectivity index (χ4n) is 2.75. The Kier molecular flexibility index (Phi) is 6.64. The SMILES string of the molecule is NCCN1CCCNCCNC(c2ccccc2O)CC1=O. The summed E-state index contributed by atoms with van der Waals surface area (Å²) < 4.78 is 0. The largest absolute Gasteiger partial charge is 0.508 e. The van der Waals surface area contributed by atoms with Crippen LogP contribution in [0, 0.1) is 0 Å². The fraction of sp³-hybridized carbons (Fsp3) is 0.562. The first-order chi connectivity index (χ1) is 10.7. The van der Waals surface area contributed by atoms with Crippen LogP contribution < -0.4 is 16.4 Å². The summed E-state index contributed by atoms with van der Waals surface area (Å²) in [4.78, 5) is 14.4. The first-order valence-electron chi connectivity index (χ1n) is 7.92. The van der Waals surface area contributed by atoms with Crippen LogP contribution in [-0.4, -0.2) is 55.2 Å². The van der Waals surface area contributed by atoms with Gasteiger partial charge in [0.15, 0.2) is 0 Å². The first kappa shape index (κ1) is 16.7. The summed E-state index contributed by atoms with van der Waals surface area (Å²) in [6.45, 7) is 4.24. The van der Waals surface area contributed by atoms with Gasteiger partial charge in [-0.1, -0.05) is 18.2 Å². The highest BCUT2D eigenvalue weighted by molar-refractivity contribution is 5.77. The fourth-order valence-corrected chi connectivity index (χ4v) is 2.75. The molecule has 22 heavy (non-hydrogen) atoms. The van der Waals surface area contributed by atoms with Crippen LogP contribution in [-0.2, 0) is 4.79 Å². The highest BCUT2D eigenvalue weighted by atomic mass is 16.3. The van der Waals surface area contributed by atoms with Crippen LogP contribution in [0.1, 0.15) is 24.4 Å². The normalized spacial score (nSPS) is 21.4. The molecule has 1 aliphatic rings. The number of aromatic hydroxyl groups is 1. The molecule has 1 fully saturated rings. The molecule has 1 aliphatic heterocycles. The zero-order valence-corrected chi connectivity index (χ0v) is 12.9. The van der Waals surface area contributed by atoms with Gasteiger partial charge in [-0.25, -0.2) is 0 Å². The first-order valence-corrected chi connectivity index (χ1v) is 7.92. The number of hydrogen-bond acceptors (Lipinski definition) is 5. The highest BCUT2D eigenvalue weighted by Crippen LogP contribution is 2.26. The summed E-state index contributed by atoms with van der Waals surface area (Å²) in [6, 6.07) is 6.99. The van der Waals surface area contributed by atoms with Gasteiger partial charge in [0.2, 0.25) is 5.91 Å². The molecule has 0 aliphatic carbocycles. The van der Waals surface area contributed by atoms with Gasteiger partial charge in [0.25, 0.3) is 0 Å². The third kappa shape index (κ3) is 4.69. The summed E-state index contributed by atoms with van der Waals surface area (Å²) >= 11 is 0. The second kappa shape index (κ2) is 8.73. The second-order valence-corrected chi connectivity index (χ2v) is 5.54. The number of amides is 1. The molecule has 1 heterocycles. The molecule has 1 unspecified atom stereocenters. The number of nitrogens with one attached hydrogen (secondary N) is 2. The Balaban J connectivity index is 2.16. The molecule has 1 amide bonds. The Bertz CT molecular complexity index is 481. The molecule has 1 aromatic rings. The van der Waals surface area contributed by atoms with Gasteiger partial charge >= 0.3 is 0 Å². The zero-order chi connectivity index (χ0) is 15.8. The number of benzene rings is 1. The van der Waals surface area contributed by atoms with Crippen molar-refractivity contribution in [3.8, 4) is 5.75 Å². The molecule has 0 aromatic heterocycles. The van der Waals surface area contributed by atoms with E-state index in [1.807, 2.05) is 17.0 Å². The van der Waals surface area contributed by atoms with Gasteiger partial charge in [0, 0.05) is 50.7 Å². The molecule has 6 nitrogen and oxygen atoms in total. The van der Waals surface area contributed by atoms with Crippen molar-refractivity contribution in [1.82, 2.24) is 15.5 Å². The van der Waals surface area contributed by atoms with Crippen molar-refractivity contribution in [2.45, 2.75) is 18.9 Å². The van der Waals surface area contributed by atoms with Crippen molar-refractivity contribution in [2.75, 3.05) is 39.3 Å². The van der Waals surface area contributed by atoms with Gasteiger partial charge in [-0.15, -0.1) is 0 Å². The number of hydrogen-bond donors (Lipinski definition) is 4. The minimum Gasteiger partial charge on any atom is -0.508 e. The molecule has 1 aromatic carbocycles. The standard InChI is InChI=1S/C16H26N4O2/c17-6-11-20-10-3-7-18-8-9-19-14(12-16(20)22)13-4-1-2-5-15(13)21/h1-2,4-5,14,18-19,21H,3,6-12,17H2. The predicted molar refractivity (Wildman–Crippen MR) is 86.6 cm³/mol. The summed E-state index contributed by atoms with van der Waals surface area (Å²) in [7, 11) is 0. The minimum atomic E-state index is -0.186. The van der Waals surface area contributed by atoms with Gasteiger partial charge in [-0.3, -0.25) is 4.79 Å². The quantitative estimate of drug-likeness (QED) is 0.640. The Morgan fingerprint density at radius 1 is 1.27 bits per heavy atom. The van der Waals surface area contributed by atoms with Crippen molar-refractivity contribution in [1.29, 1.82) is 0 Å². The Morgan fingerprint density at radius 2 is 2.09 bits per heavy atom. The van der Waals surface area contributed by atoms with Crippen LogP contribution in [0.2, 0.25) is 0 Å². The third-order valence-corrected chi connectivity index (χ3v) is 3.92. The van der Waals surface area contributed by atoms with Crippen molar-refractivity contribution < 1.29 is 9.90 Å². The van der Waals surface area contributed by atoms with E-state index in [9.17, 15) is 9.90 Å². The summed E-state index contributed by atoms with van der Waals surface area (Å²) in [5.41, 5.74) is 6.38. The van der Waals surface area contributed by atoms with E-state index in [-0.39, 0.29) is 17.7 Å². The Labute approximate surface area is 131 Å². The number of phenols is 1. The molecule has 0 bridgehead atoms. The van der Waals surface area contributed by atoms with Gasteiger partial charge in [-0.05, 0) is 19.0 Å². The molecule has 5 N–H and O–H groups in total. The summed E-state index contributed by atoms with van der Waals surface area (Å²) in [5.74, 6) is 0.300. The molecule has 6 heteroatoms. The van der Waals surface area contributed by atoms with E-state index in [4.69, 9.17) is 5.73 Å². The van der Waals surface area contributed by atoms with Crippen molar-refractivity contribution >= 4 is 5.91 Å². The van der Waals surface area contributed by atoms with Gasteiger partial charge < -0.3 is 26.4 Å². The Morgan fingerprint density at radius 3 is 2.86 bits per heavy atom. The van der Waals surface area contributed by atoms with E-state index in [2.05, 4.69) is 10.6 Å². The monoisotopic (exact) mass is 306 g/mol. The van der Waals surface area contributed by atoms with E-state index >= 15 is 0 Å². The van der Waals surface area contributed by atoms with Gasteiger partial charge in [0.05, 0.1) is 0 Å². The molecular formula is C16H26N4O2. The van der Waals surface area contributed by atoms with E-state index in [0.717, 1.165) is 38.2 Å². The molecule has 0 saturated carbocycles. The lowest BCUT2D eigenvalue weighted by molar-refractivity contribution is -0.131. The van der Waals surface area contributed by atoms with E-state index in [1.54, 1.807) is 12.1 Å². The number of nitrogens with zero attached hydrogens (tertiary/aromatic N) is 1. The lowest BCUT2D eigenvalue weighted by atomic mass is 10.0. The number of carbonyl (C=O) groups excluding carboxylic acids is 1. The van der Waals surface area contributed by atoms with Crippen molar-refractivity contribution in [3.63, 3.8) is 0 Å². The number of nitrogens with two attached hydrogens (primary N) is 1. The smallest absolute Gasteiger partial charge is 0.224 e. The number of carbonyl (C=O) groups is 1. The molecule has 0 spiro atoms. The molecule has 1 saturated heterocycles. The maximum atomic E-state index is 12.6. The van der Waals surface area contributed by atoms with Gasteiger partial charge in [0.1, 0.15) is 5.75 Å². The van der Waals surface area contributed by atoms with Crippen molar-refractivity contribution in [2.24, 2.45) is 5.73 Å². The Hall–Kier alpha value is -1.63. The lowest BCUT2D eigenvalue weighted by Gasteiger charge is -2.25. The van der Waals surface area contributed by atoms with Crippen LogP contribution in [0.15, 0.2) is 24.3 Å². The van der Waals surface area contributed by atoms with Crippen LogP contribution >= 0.6 is 0 Å². The van der Waals surface area contributed by atoms with Crippen LogP contribution in [0.3, 0.4) is 0 Å². The molecule has 122 valence electrons. The van der Waals surface area contributed by atoms with E-state index in [1.165, 1.54) is 0 Å². The zero-order valence-electron chi connectivity index (χ0n) is 12.9. The van der Waals surface area contributed by atoms with E-state index < -0.39 is 0 Å². The maximum Gasteiger partial charge on any atom is 0.224 e. The van der Waals surface area contributed by atoms with E-state index in [0.29, 0.717) is 19.5 Å². The molecule has 0 radical (unpaired) electrons. The topological polar surface area (TPSA) is 90.6 Å². The lowest BCUT2D eigenvalue weighted by Crippen LogP contribution is -2.38. The van der Waals surface area contributed by atoms with Gasteiger partial charge in [-0.2, -0.15) is 0 Å². The summed E-state index contributed by atoms with van der Waals surface area (Å²) in [6.07, 6.45) is 1.25. The second-order valence-electron chi connectivity index (χ2n) is 5.54. The number of phenolic OH excluding ortho intramolecular Hbond substituents is 1. The average molecular weight is 306 g/mol. The number of rotatable bonds is 3. The third-order valence-electron chi connectivity index (χ3n) is 3.92. The van der Waals surface area contributed by atoms with Crippen LogP contribution in [0.4, 0.5) is 0 Å².